The SMILES string of the molecule is COc1ccc(CO)cc1C(O)C(O)CCNC(=O)OC(C)(C)C. The number of ether oxygens (including phenoxy) is 2. The quantitative estimate of drug-likeness (QED) is 0.598. The standard InChI is InChI=1S/C17H27NO6/c1-17(2,3)24-16(22)18-8-7-13(20)15(21)12-9-11(10-19)5-6-14(12)23-4/h5-6,9,13,15,19-21H,7-8,10H2,1-4H3,(H,18,22). The topological polar surface area (TPSA) is 108 Å². The molecule has 136 valence electrons. The Hall–Kier alpha value is -1.83. The summed E-state index contributed by atoms with van der Waals surface area (Å²) in [6.45, 7) is 5.23. The Morgan fingerprint density at radius 3 is 2.50 bits per heavy atom. The number of nitrogens with one attached hydrogen (secondary N) is 1. The van der Waals surface area contributed by atoms with Gasteiger partial charge in [0, 0.05) is 12.1 Å². The van der Waals surface area contributed by atoms with Crippen LogP contribution in [-0.4, -0.2) is 46.8 Å². The van der Waals surface area contributed by atoms with Crippen LogP contribution in [0.1, 0.15) is 44.4 Å². The summed E-state index contributed by atoms with van der Waals surface area (Å²) in [7, 11) is 1.46. The maximum absolute atomic E-state index is 11.5. The second-order valence-electron chi connectivity index (χ2n) is 6.46. The molecule has 1 rings (SSSR count). The van der Waals surface area contributed by atoms with Crippen molar-refractivity contribution in [2.45, 2.75) is 51.6 Å². The zero-order valence-electron chi connectivity index (χ0n) is 14.6. The molecule has 0 heterocycles. The van der Waals surface area contributed by atoms with Crippen LogP contribution in [0.15, 0.2) is 18.2 Å². The van der Waals surface area contributed by atoms with Gasteiger partial charge in [-0.25, -0.2) is 4.79 Å². The van der Waals surface area contributed by atoms with E-state index in [0.29, 0.717) is 16.9 Å². The van der Waals surface area contributed by atoms with E-state index < -0.39 is 23.9 Å². The number of amides is 1. The largest absolute Gasteiger partial charge is 0.496 e. The fourth-order valence-electron chi connectivity index (χ4n) is 2.11. The lowest BCUT2D eigenvalue weighted by molar-refractivity contribution is 0.0110. The highest BCUT2D eigenvalue weighted by Crippen LogP contribution is 2.29. The van der Waals surface area contributed by atoms with E-state index in [0.717, 1.165) is 0 Å². The molecule has 0 radical (unpaired) electrons. The summed E-state index contributed by atoms with van der Waals surface area (Å²) in [5.41, 5.74) is 0.387. The maximum atomic E-state index is 11.5. The Labute approximate surface area is 142 Å². The zero-order chi connectivity index (χ0) is 18.3. The number of methoxy groups -OCH3 is 1. The van der Waals surface area contributed by atoms with Crippen molar-refractivity contribution in [1.82, 2.24) is 5.32 Å². The van der Waals surface area contributed by atoms with E-state index in [-0.39, 0.29) is 19.6 Å². The van der Waals surface area contributed by atoms with Gasteiger partial charge in [-0.3, -0.25) is 0 Å². The van der Waals surface area contributed by atoms with Gasteiger partial charge in [-0.1, -0.05) is 6.07 Å². The van der Waals surface area contributed by atoms with Crippen molar-refractivity contribution in [3.05, 3.63) is 29.3 Å². The third-order valence-electron chi connectivity index (χ3n) is 3.27. The summed E-state index contributed by atoms with van der Waals surface area (Å²) in [6, 6.07) is 4.87. The monoisotopic (exact) mass is 341 g/mol. The van der Waals surface area contributed by atoms with Crippen molar-refractivity contribution in [2.24, 2.45) is 0 Å². The molecule has 1 amide bonds. The van der Waals surface area contributed by atoms with Gasteiger partial charge in [0.25, 0.3) is 0 Å². The van der Waals surface area contributed by atoms with Gasteiger partial charge in [0.15, 0.2) is 0 Å². The molecule has 2 atom stereocenters. The van der Waals surface area contributed by atoms with Crippen LogP contribution in [0.2, 0.25) is 0 Å². The van der Waals surface area contributed by atoms with Gasteiger partial charge in [-0.2, -0.15) is 0 Å². The molecule has 7 nitrogen and oxygen atoms in total. The van der Waals surface area contributed by atoms with Crippen LogP contribution in [0.4, 0.5) is 4.79 Å². The summed E-state index contributed by atoms with van der Waals surface area (Å²) in [6.07, 6.45) is -2.76. The van der Waals surface area contributed by atoms with E-state index in [1.807, 2.05) is 0 Å². The molecule has 4 N–H and O–H groups in total. The molecule has 0 aliphatic carbocycles. The van der Waals surface area contributed by atoms with Crippen LogP contribution in [0.25, 0.3) is 0 Å². The Kier molecular flexibility index (Phi) is 7.47. The van der Waals surface area contributed by atoms with Gasteiger partial charge in [0.2, 0.25) is 0 Å². The van der Waals surface area contributed by atoms with Crippen LogP contribution >= 0.6 is 0 Å². The molecule has 0 spiro atoms. The second-order valence-corrected chi connectivity index (χ2v) is 6.46. The number of alkyl carbamates (subject to hydrolysis) is 1. The summed E-state index contributed by atoms with van der Waals surface area (Å²) in [5.74, 6) is 0.416. The van der Waals surface area contributed by atoms with Crippen LogP contribution in [0, 0.1) is 0 Å². The van der Waals surface area contributed by atoms with Crippen LogP contribution in [0.3, 0.4) is 0 Å². The van der Waals surface area contributed by atoms with Crippen molar-refractivity contribution >= 4 is 6.09 Å². The van der Waals surface area contributed by atoms with Crippen LogP contribution in [-0.2, 0) is 11.3 Å². The minimum Gasteiger partial charge on any atom is -0.496 e. The number of benzene rings is 1. The van der Waals surface area contributed by atoms with Crippen molar-refractivity contribution in [1.29, 1.82) is 0 Å². The highest BCUT2D eigenvalue weighted by atomic mass is 16.6. The first-order valence-electron chi connectivity index (χ1n) is 7.78. The highest BCUT2D eigenvalue weighted by Gasteiger charge is 2.23. The predicted octanol–water partition coefficient (Wildman–Crippen LogP) is 1.50. The lowest BCUT2D eigenvalue weighted by atomic mass is 9.99. The Morgan fingerprint density at radius 2 is 1.96 bits per heavy atom. The number of hydrogen-bond donors (Lipinski definition) is 4. The molecule has 0 fully saturated rings. The minimum atomic E-state index is -1.20. The van der Waals surface area contributed by atoms with E-state index in [1.165, 1.54) is 7.11 Å². The molecule has 1 aromatic carbocycles. The first-order chi connectivity index (χ1) is 11.2. The van der Waals surface area contributed by atoms with Crippen molar-refractivity contribution < 1.29 is 29.6 Å². The summed E-state index contributed by atoms with van der Waals surface area (Å²) < 4.78 is 10.3. The Balaban J connectivity index is 2.62. The minimum absolute atomic E-state index is 0.132. The Bertz CT molecular complexity index is 540. The molecule has 0 aromatic heterocycles. The van der Waals surface area contributed by atoms with Gasteiger partial charge in [-0.05, 0) is 44.9 Å². The molecule has 24 heavy (non-hydrogen) atoms. The van der Waals surface area contributed by atoms with Gasteiger partial charge < -0.3 is 30.1 Å². The zero-order valence-corrected chi connectivity index (χ0v) is 14.6. The lowest BCUT2D eigenvalue weighted by Crippen LogP contribution is -2.34. The Morgan fingerprint density at radius 1 is 1.29 bits per heavy atom. The van der Waals surface area contributed by atoms with E-state index >= 15 is 0 Å². The van der Waals surface area contributed by atoms with E-state index in [1.54, 1.807) is 39.0 Å². The number of rotatable bonds is 7. The van der Waals surface area contributed by atoms with Crippen molar-refractivity contribution in [3.63, 3.8) is 0 Å². The first-order valence-corrected chi connectivity index (χ1v) is 7.78. The van der Waals surface area contributed by atoms with Gasteiger partial charge in [-0.15, -0.1) is 0 Å². The van der Waals surface area contributed by atoms with Crippen LogP contribution < -0.4 is 10.1 Å². The van der Waals surface area contributed by atoms with E-state index in [9.17, 15) is 20.1 Å². The van der Waals surface area contributed by atoms with Gasteiger partial charge in [0.1, 0.15) is 17.5 Å². The molecule has 0 saturated carbocycles. The summed E-state index contributed by atoms with van der Waals surface area (Å²) in [4.78, 5) is 11.5. The number of carbonyl (C=O) groups excluding carboxylic acids is 1. The normalized spacial score (nSPS) is 14.0. The molecule has 0 saturated heterocycles. The predicted molar refractivity (Wildman–Crippen MR) is 88.7 cm³/mol. The number of aliphatic hydroxyl groups excluding tert-OH is 3. The van der Waals surface area contributed by atoms with Crippen LogP contribution in [0.5, 0.6) is 5.75 Å². The lowest BCUT2D eigenvalue weighted by Gasteiger charge is -2.22. The van der Waals surface area contributed by atoms with E-state index in [4.69, 9.17) is 9.47 Å². The fourth-order valence-corrected chi connectivity index (χ4v) is 2.11. The third-order valence-corrected chi connectivity index (χ3v) is 3.27. The van der Waals surface area contributed by atoms with Crippen molar-refractivity contribution in [2.75, 3.05) is 13.7 Å². The molecule has 0 bridgehead atoms. The molecule has 0 aliphatic rings. The fraction of sp³-hybridized carbons (Fsp3) is 0.588. The van der Waals surface area contributed by atoms with Crippen molar-refractivity contribution in [3.8, 4) is 5.75 Å². The van der Waals surface area contributed by atoms with Gasteiger partial charge >= 0.3 is 6.09 Å². The number of aliphatic hydroxyl groups is 3. The molecule has 2 unspecified atom stereocenters. The highest BCUT2D eigenvalue weighted by molar-refractivity contribution is 5.67. The summed E-state index contributed by atoms with van der Waals surface area (Å²) in [5, 5.41) is 32.2. The third kappa shape index (κ3) is 6.35. The molecular weight excluding hydrogens is 314 g/mol. The maximum Gasteiger partial charge on any atom is 0.407 e. The average Bonchev–Trinajstić information content (AvgIpc) is 2.51. The number of hydrogen-bond acceptors (Lipinski definition) is 6. The molecular formula is C17H27NO6. The molecule has 7 heteroatoms. The smallest absolute Gasteiger partial charge is 0.407 e. The number of carbonyl (C=O) groups is 1. The molecule has 1 aromatic rings. The summed E-state index contributed by atoms with van der Waals surface area (Å²) >= 11 is 0. The average molecular weight is 341 g/mol. The molecule has 0 aliphatic heterocycles. The van der Waals surface area contributed by atoms with E-state index in [2.05, 4.69) is 5.32 Å². The second kappa shape index (κ2) is 8.86. The van der Waals surface area contributed by atoms with Gasteiger partial charge in [0.05, 0.1) is 19.8 Å². The first kappa shape index (κ1) is 20.2.